The zero-order valence-electron chi connectivity index (χ0n) is 13.4. The number of hydrogen-bond acceptors (Lipinski definition) is 5. The smallest absolute Gasteiger partial charge is 0.376 e. The van der Waals surface area contributed by atoms with Crippen molar-refractivity contribution in [3.63, 3.8) is 0 Å². The number of nitrogens with one attached hydrogen (secondary N) is 1. The Morgan fingerprint density at radius 3 is 2.79 bits per heavy atom. The van der Waals surface area contributed by atoms with Crippen LogP contribution in [0.5, 0.6) is 0 Å². The van der Waals surface area contributed by atoms with E-state index in [0.29, 0.717) is 28.9 Å². The fourth-order valence-electron chi connectivity index (χ4n) is 2.47. The van der Waals surface area contributed by atoms with Gasteiger partial charge >= 0.3 is 5.97 Å². The Hall–Kier alpha value is -3.09. The number of fused-ring (bicyclic) bond motifs is 1. The number of anilines is 1. The first-order valence-corrected chi connectivity index (χ1v) is 7.67. The van der Waals surface area contributed by atoms with Gasteiger partial charge in [0.25, 0.3) is 5.91 Å². The van der Waals surface area contributed by atoms with E-state index in [0.717, 1.165) is 0 Å². The molecule has 3 rings (SSSR count). The van der Waals surface area contributed by atoms with Gasteiger partial charge in [0, 0.05) is 18.1 Å². The lowest BCUT2D eigenvalue weighted by Crippen LogP contribution is -2.19. The van der Waals surface area contributed by atoms with Gasteiger partial charge in [-0.25, -0.2) is 4.79 Å². The Labute approximate surface area is 138 Å². The van der Waals surface area contributed by atoms with Crippen LogP contribution < -0.4 is 5.32 Å². The number of carbonyl (C=O) groups is 2. The van der Waals surface area contributed by atoms with E-state index < -0.39 is 5.97 Å². The summed E-state index contributed by atoms with van der Waals surface area (Å²) in [5.41, 5.74) is 1.20. The number of hydrogen-bond donors (Lipinski definition) is 1. The summed E-state index contributed by atoms with van der Waals surface area (Å²) in [6, 6.07) is 8.71. The van der Waals surface area contributed by atoms with Crippen LogP contribution in [-0.4, -0.2) is 28.3 Å². The van der Waals surface area contributed by atoms with Gasteiger partial charge < -0.3 is 14.5 Å². The number of nitrogens with zero attached hydrogens (tertiary/aromatic N) is 2. The summed E-state index contributed by atoms with van der Waals surface area (Å²) in [7, 11) is 0. The summed E-state index contributed by atoms with van der Waals surface area (Å²) < 4.78 is 12.2. The summed E-state index contributed by atoms with van der Waals surface area (Å²) in [4.78, 5) is 24.7. The summed E-state index contributed by atoms with van der Waals surface area (Å²) in [5.74, 6) is -1.01. The van der Waals surface area contributed by atoms with E-state index in [9.17, 15) is 9.59 Å². The summed E-state index contributed by atoms with van der Waals surface area (Å²) in [5, 5.41) is 7.47. The fourth-order valence-corrected chi connectivity index (χ4v) is 2.47. The number of para-hydroxylation sites is 1. The van der Waals surface area contributed by atoms with Gasteiger partial charge in [-0.1, -0.05) is 12.1 Å². The molecule has 124 valence electrons. The van der Waals surface area contributed by atoms with E-state index >= 15 is 0 Å². The van der Waals surface area contributed by atoms with Gasteiger partial charge in [0.15, 0.2) is 0 Å². The maximum atomic E-state index is 12.6. The third kappa shape index (κ3) is 2.76. The molecule has 3 aromatic rings. The van der Waals surface area contributed by atoms with Gasteiger partial charge in [0.05, 0.1) is 6.61 Å². The van der Waals surface area contributed by atoms with Crippen molar-refractivity contribution in [3.8, 4) is 0 Å². The number of aromatic nitrogens is 2. The summed E-state index contributed by atoms with van der Waals surface area (Å²) in [6.07, 6.45) is 1.55. The molecule has 0 fully saturated rings. The van der Waals surface area contributed by atoms with Crippen LogP contribution in [0.4, 0.5) is 5.69 Å². The van der Waals surface area contributed by atoms with E-state index in [1.165, 1.54) is 0 Å². The molecular weight excluding hydrogens is 310 g/mol. The van der Waals surface area contributed by atoms with Crippen LogP contribution in [-0.2, 0) is 11.3 Å². The van der Waals surface area contributed by atoms with Crippen LogP contribution in [0.2, 0.25) is 0 Å². The van der Waals surface area contributed by atoms with Crippen LogP contribution in [0.15, 0.2) is 40.9 Å². The fraction of sp³-hybridized carbons (Fsp3) is 0.235. The van der Waals surface area contributed by atoms with Crippen LogP contribution in [0.3, 0.4) is 0 Å². The van der Waals surface area contributed by atoms with Crippen molar-refractivity contribution in [3.05, 3.63) is 48.0 Å². The maximum absolute atomic E-state index is 12.6. The quantitative estimate of drug-likeness (QED) is 0.728. The molecule has 0 atom stereocenters. The highest BCUT2D eigenvalue weighted by molar-refractivity contribution is 6.13. The molecule has 0 aliphatic carbocycles. The molecule has 1 aromatic carbocycles. The van der Waals surface area contributed by atoms with E-state index in [4.69, 9.17) is 9.15 Å². The van der Waals surface area contributed by atoms with E-state index in [1.807, 2.05) is 6.92 Å². The van der Waals surface area contributed by atoms with Crippen LogP contribution in [0.25, 0.3) is 11.0 Å². The Morgan fingerprint density at radius 2 is 2.04 bits per heavy atom. The minimum absolute atomic E-state index is 0.0195. The van der Waals surface area contributed by atoms with Crippen LogP contribution in [0, 0.1) is 0 Å². The third-order valence-corrected chi connectivity index (χ3v) is 3.54. The second-order valence-electron chi connectivity index (χ2n) is 5.01. The molecule has 0 bridgehead atoms. The first-order valence-electron chi connectivity index (χ1n) is 7.67. The van der Waals surface area contributed by atoms with Gasteiger partial charge in [-0.3, -0.25) is 9.48 Å². The third-order valence-electron chi connectivity index (χ3n) is 3.54. The second-order valence-corrected chi connectivity index (χ2v) is 5.01. The number of esters is 1. The lowest BCUT2D eigenvalue weighted by Gasteiger charge is -2.07. The standard InChI is InChI=1S/C17H17N3O4/c1-3-20-12(9-10-18-20)16(21)19-14-11-7-5-6-8-13(11)24-15(14)17(22)23-4-2/h5-10H,3-4H2,1-2H3,(H,19,21). The lowest BCUT2D eigenvalue weighted by molar-refractivity contribution is 0.0494. The monoisotopic (exact) mass is 327 g/mol. The van der Waals surface area contributed by atoms with Gasteiger partial charge in [-0.15, -0.1) is 0 Å². The van der Waals surface area contributed by atoms with Crippen LogP contribution >= 0.6 is 0 Å². The molecule has 1 amide bonds. The van der Waals surface area contributed by atoms with Crippen molar-refractivity contribution in [1.82, 2.24) is 9.78 Å². The van der Waals surface area contributed by atoms with Crippen molar-refractivity contribution in [1.29, 1.82) is 0 Å². The van der Waals surface area contributed by atoms with E-state index in [1.54, 1.807) is 48.1 Å². The molecule has 2 aromatic heterocycles. The molecule has 0 aliphatic rings. The maximum Gasteiger partial charge on any atom is 0.376 e. The molecule has 0 aliphatic heterocycles. The lowest BCUT2D eigenvalue weighted by atomic mass is 10.2. The molecule has 1 N–H and O–H groups in total. The van der Waals surface area contributed by atoms with E-state index in [-0.39, 0.29) is 18.3 Å². The van der Waals surface area contributed by atoms with Gasteiger partial charge in [0.1, 0.15) is 17.0 Å². The predicted octanol–water partition coefficient (Wildman–Crippen LogP) is 3.08. The molecule has 0 radical (unpaired) electrons. The Morgan fingerprint density at radius 1 is 1.25 bits per heavy atom. The van der Waals surface area contributed by atoms with Gasteiger partial charge in [-0.05, 0) is 32.0 Å². The molecule has 7 heteroatoms. The highest BCUT2D eigenvalue weighted by Crippen LogP contribution is 2.31. The molecule has 0 saturated carbocycles. The molecule has 2 heterocycles. The molecule has 24 heavy (non-hydrogen) atoms. The minimum Gasteiger partial charge on any atom is -0.460 e. The number of furan rings is 1. The Bertz CT molecular complexity index is 894. The summed E-state index contributed by atoms with van der Waals surface area (Å²) in [6.45, 7) is 4.37. The highest BCUT2D eigenvalue weighted by Gasteiger charge is 2.24. The Kier molecular flexibility index (Phi) is 4.33. The number of carbonyl (C=O) groups excluding carboxylic acids is 2. The molecule has 7 nitrogen and oxygen atoms in total. The average molecular weight is 327 g/mol. The number of ether oxygens (including phenoxy) is 1. The normalized spacial score (nSPS) is 10.8. The summed E-state index contributed by atoms with van der Waals surface area (Å²) >= 11 is 0. The van der Waals surface area contributed by atoms with E-state index in [2.05, 4.69) is 10.4 Å². The van der Waals surface area contributed by atoms with Crippen molar-refractivity contribution in [2.45, 2.75) is 20.4 Å². The van der Waals surface area contributed by atoms with Crippen molar-refractivity contribution >= 4 is 28.5 Å². The minimum atomic E-state index is -0.618. The average Bonchev–Trinajstić information content (AvgIpc) is 3.20. The Balaban J connectivity index is 2.02. The van der Waals surface area contributed by atoms with Crippen molar-refractivity contribution in [2.24, 2.45) is 0 Å². The molecule has 0 spiro atoms. The molecule has 0 saturated heterocycles. The second kappa shape index (κ2) is 6.57. The predicted molar refractivity (Wildman–Crippen MR) is 88.0 cm³/mol. The van der Waals surface area contributed by atoms with Crippen molar-refractivity contribution in [2.75, 3.05) is 11.9 Å². The highest BCUT2D eigenvalue weighted by atomic mass is 16.5. The first-order chi connectivity index (χ1) is 11.7. The van der Waals surface area contributed by atoms with Crippen LogP contribution in [0.1, 0.15) is 34.9 Å². The SMILES string of the molecule is CCOC(=O)c1oc2ccccc2c1NC(=O)c1ccnn1CC. The first kappa shape index (κ1) is 15.8. The largest absolute Gasteiger partial charge is 0.460 e. The topological polar surface area (TPSA) is 86.4 Å². The number of amides is 1. The van der Waals surface area contributed by atoms with Gasteiger partial charge in [0.2, 0.25) is 5.76 Å². The number of benzene rings is 1. The molecular formula is C17H17N3O4. The zero-order valence-corrected chi connectivity index (χ0v) is 13.4. The zero-order chi connectivity index (χ0) is 17.1. The van der Waals surface area contributed by atoms with Gasteiger partial charge in [-0.2, -0.15) is 5.10 Å². The molecule has 0 unspecified atom stereocenters. The number of rotatable bonds is 5. The number of aryl methyl sites for hydroxylation is 1. The van der Waals surface area contributed by atoms with Crippen molar-refractivity contribution < 1.29 is 18.7 Å².